The number of anilines is 1. The van der Waals surface area contributed by atoms with Crippen molar-refractivity contribution in [2.45, 2.75) is 33.2 Å². The number of aromatic nitrogens is 1. The molecule has 0 aliphatic carbocycles. The molecule has 0 radical (unpaired) electrons. The molecule has 4 heterocycles. The number of benzene rings is 1. The van der Waals surface area contributed by atoms with Crippen LogP contribution in [0.3, 0.4) is 0 Å². The number of amidine groups is 1. The van der Waals surface area contributed by atoms with Gasteiger partial charge in [-0.05, 0) is 56.5 Å². The van der Waals surface area contributed by atoms with E-state index in [0.717, 1.165) is 67.7 Å². The minimum Gasteiger partial charge on any atom is -0.462 e. The van der Waals surface area contributed by atoms with Gasteiger partial charge in [0.15, 0.2) is 16.6 Å². The number of carbonyl (C=O) groups excluding carboxylic acids is 1. The molecule has 196 valence electrons. The summed E-state index contributed by atoms with van der Waals surface area (Å²) in [5, 5.41) is 10.8. The molecule has 37 heavy (non-hydrogen) atoms. The van der Waals surface area contributed by atoms with Crippen molar-refractivity contribution in [3.63, 3.8) is 0 Å². The molecule has 3 N–H and O–H groups in total. The first-order chi connectivity index (χ1) is 18.1. The monoisotopic (exact) mass is 524 g/mol. The highest BCUT2D eigenvalue weighted by molar-refractivity contribution is 7.17. The summed E-state index contributed by atoms with van der Waals surface area (Å²) in [7, 11) is 0. The molecule has 2 aromatic rings. The van der Waals surface area contributed by atoms with E-state index in [4.69, 9.17) is 19.2 Å². The van der Waals surface area contributed by atoms with Crippen LogP contribution in [0.1, 0.15) is 40.7 Å². The average molecular weight is 525 g/mol. The van der Waals surface area contributed by atoms with Crippen LogP contribution in [0, 0.1) is 6.92 Å². The molecule has 3 aliphatic heterocycles. The van der Waals surface area contributed by atoms with Gasteiger partial charge < -0.3 is 35.1 Å². The summed E-state index contributed by atoms with van der Waals surface area (Å²) in [5.74, 6) is 2.70. The van der Waals surface area contributed by atoms with Gasteiger partial charge in [-0.1, -0.05) is 17.4 Å². The van der Waals surface area contributed by atoms with E-state index in [1.165, 1.54) is 17.0 Å². The maximum atomic E-state index is 12.2. The summed E-state index contributed by atoms with van der Waals surface area (Å²) >= 11 is 1.29. The summed E-state index contributed by atoms with van der Waals surface area (Å²) in [5.41, 5.74) is 2.95. The fourth-order valence-corrected chi connectivity index (χ4v) is 5.23. The number of nitrogens with one attached hydrogen (secondary N) is 3. The quantitative estimate of drug-likeness (QED) is 0.470. The number of fused-ring (bicyclic) bond motifs is 1. The molecule has 3 aliphatic rings. The van der Waals surface area contributed by atoms with Crippen molar-refractivity contribution in [2.24, 2.45) is 4.99 Å². The number of piperazine rings is 1. The second-order valence-corrected chi connectivity index (χ2v) is 9.82. The highest BCUT2D eigenvalue weighted by Gasteiger charge is 2.19. The highest BCUT2D eigenvalue weighted by Crippen LogP contribution is 2.32. The molecule has 1 aromatic heterocycles. The van der Waals surface area contributed by atoms with Gasteiger partial charge in [-0.25, -0.2) is 9.78 Å². The summed E-state index contributed by atoms with van der Waals surface area (Å²) in [6, 6.07) is 5.90. The first kappa shape index (κ1) is 25.1. The van der Waals surface area contributed by atoms with E-state index in [1.54, 1.807) is 6.92 Å². The van der Waals surface area contributed by atoms with Crippen LogP contribution >= 0.6 is 11.3 Å². The van der Waals surface area contributed by atoms with Crippen LogP contribution in [0.4, 0.5) is 5.13 Å². The largest absolute Gasteiger partial charge is 0.462 e. The van der Waals surface area contributed by atoms with E-state index in [-0.39, 0.29) is 12.8 Å². The molecule has 1 fully saturated rings. The van der Waals surface area contributed by atoms with E-state index >= 15 is 0 Å². The molecular weight excluding hydrogens is 492 g/mol. The zero-order valence-electron chi connectivity index (χ0n) is 21.1. The smallest absolute Gasteiger partial charge is 0.350 e. The van der Waals surface area contributed by atoms with Crippen LogP contribution in [0.25, 0.3) is 0 Å². The summed E-state index contributed by atoms with van der Waals surface area (Å²) in [4.78, 5) is 24.6. The molecule has 11 heteroatoms. The Kier molecular flexibility index (Phi) is 7.90. The highest BCUT2D eigenvalue weighted by atomic mass is 32.1. The summed E-state index contributed by atoms with van der Waals surface area (Å²) in [6.45, 7) is 8.58. The van der Waals surface area contributed by atoms with Gasteiger partial charge in [0.1, 0.15) is 16.5 Å². The number of thiazole rings is 1. The number of hydrogen-bond donors (Lipinski definition) is 3. The second-order valence-electron chi connectivity index (χ2n) is 8.82. The summed E-state index contributed by atoms with van der Waals surface area (Å²) in [6.07, 6.45) is 6.02. The third-order valence-electron chi connectivity index (χ3n) is 6.21. The number of ether oxygens (including phenoxy) is 3. The van der Waals surface area contributed by atoms with E-state index in [2.05, 4.69) is 38.0 Å². The SMILES string of the molecule is CCOC(=O)c1sc(N/C2=C/CC/C(N3CCNCC3)=C\C(=NCc3ccc4c(c3)OCO4)N2)nc1C. The van der Waals surface area contributed by atoms with Crippen molar-refractivity contribution in [2.75, 3.05) is 44.9 Å². The zero-order chi connectivity index (χ0) is 25.6. The lowest BCUT2D eigenvalue weighted by atomic mass is 10.1. The first-order valence-corrected chi connectivity index (χ1v) is 13.4. The zero-order valence-corrected chi connectivity index (χ0v) is 22.0. The molecule has 1 saturated heterocycles. The van der Waals surface area contributed by atoms with Gasteiger partial charge in [0, 0.05) is 31.9 Å². The van der Waals surface area contributed by atoms with Gasteiger partial charge in [-0.3, -0.25) is 4.99 Å². The fourth-order valence-electron chi connectivity index (χ4n) is 4.36. The summed E-state index contributed by atoms with van der Waals surface area (Å²) < 4.78 is 16.1. The van der Waals surface area contributed by atoms with Crippen LogP contribution in [0.2, 0.25) is 0 Å². The van der Waals surface area contributed by atoms with Crippen LogP contribution < -0.4 is 25.4 Å². The fraction of sp³-hybridized carbons (Fsp3) is 0.423. The number of allylic oxidation sites excluding steroid dienone is 2. The van der Waals surface area contributed by atoms with Crippen molar-refractivity contribution in [1.29, 1.82) is 0 Å². The predicted molar refractivity (Wildman–Crippen MR) is 143 cm³/mol. The molecule has 0 bridgehead atoms. The van der Waals surface area contributed by atoms with E-state index in [9.17, 15) is 4.79 Å². The Balaban J connectivity index is 1.36. The van der Waals surface area contributed by atoms with Gasteiger partial charge in [0.05, 0.1) is 18.8 Å². The van der Waals surface area contributed by atoms with E-state index < -0.39 is 0 Å². The number of rotatable bonds is 7. The van der Waals surface area contributed by atoms with Crippen LogP contribution in [-0.4, -0.2) is 61.3 Å². The maximum Gasteiger partial charge on any atom is 0.350 e. The molecule has 5 rings (SSSR count). The van der Waals surface area contributed by atoms with Gasteiger partial charge in [0.25, 0.3) is 0 Å². The van der Waals surface area contributed by atoms with Crippen LogP contribution in [0.5, 0.6) is 11.5 Å². The van der Waals surface area contributed by atoms with Crippen molar-refractivity contribution in [3.05, 3.63) is 58.0 Å². The van der Waals surface area contributed by atoms with Crippen LogP contribution in [0.15, 0.2) is 46.9 Å². The molecule has 0 atom stereocenters. The molecule has 0 amide bonds. The Hall–Kier alpha value is -3.57. The Morgan fingerprint density at radius 1 is 1.27 bits per heavy atom. The van der Waals surface area contributed by atoms with Gasteiger partial charge in [0.2, 0.25) is 6.79 Å². The maximum absolute atomic E-state index is 12.2. The normalized spacial score (nSPS) is 21.2. The van der Waals surface area contributed by atoms with Crippen molar-refractivity contribution >= 4 is 28.3 Å². The third kappa shape index (κ3) is 6.23. The molecule has 10 nitrogen and oxygen atoms in total. The Bertz CT molecular complexity index is 1230. The topological polar surface area (TPSA) is 109 Å². The number of hydrogen-bond acceptors (Lipinski definition) is 10. The molecule has 0 saturated carbocycles. The van der Waals surface area contributed by atoms with Crippen LogP contribution in [-0.2, 0) is 11.3 Å². The first-order valence-electron chi connectivity index (χ1n) is 12.6. The van der Waals surface area contributed by atoms with Crippen molar-refractivity contribution in [1.82, 2.24) is 20.5 Å². The minimum atomic E-state index is -0.347. The predicted octanol–water partition coefficient (Wildman–Crippen LogP) is 3.38. The number of nitrogens with zero attached hydrogens (tertiary/aromatic N) is 3. The average Bonchev–Trinajstić information content (AvgIpc) is 3.51. The minimum absolute atomic E-state index is 0.250. The Labute approximate surface area is 220 Å². The number of aryl methyl sites for hydroxylation is 1. The lowest BCUT2D eigenvalue weighted by molar-refractivity contribution is 0.0531. The molecule has 0 unspecified atom stereocenters. The van der Waals surface area contributed by atoms with Crippen molar-refractivity contribution in [3.8, 4) is 11.5 Å². The lowest BCUT2D eigenvalue weighted by Crippen LogP contribution is -2.43. The number of esters is 1. The Morgan fingerprint density at radius 3 is 2.95 bits per heavy atom. The van der Waals surface area contributed by atoms with Gasteiger partial charge in [-0.15, -0.1) is 0 Å². The molecular formula is C26H32N6O4S. The standard InChI is InChI=1S/C26H32N6O4S/c1-3-34-25(33)24-17(2)29-26(37-24)31-22-6-4-5-19(32-11-9-27-10-12-32)14-23(30-22)28-15-18-7-8-20-21(13-18)36-16-35-20/h6-8,13-14,27H,3-5,9-12,15-16H2,1-2H3,(H,28,30)(H,29,31)/b19-14+,22-6+. The lowest BCUT2D eigenvalue weighted by Gasteiger charge is -2.32. The number of aliphatic imine (C=N–C) groups is 1. The second kappa shape index (κ2) is 11.7. The Morgan fingerprint density at radius 2 is 2.11 bits per heavy atom. The van der Waals surface area contributed by atoms with Gasteiger partial charge in [-0.2, -0.15) is 0 Å². The van der Waals surface area contributed by atoms with E-state index in [0.29, 0.717) is 28.9 Å². The van der Waals surface area contributed by atoms with E-state index in [1.807, 2.05) is 25.1 Å². The number of carbonyl (C=O) groups is 1. The molecule has 1 aromatic carbocycles. The third-order valence-corrected chi connectivity index (χ3v) is 7.26. The van der Waals surface area contributed by atoms with Crippen molar-refractivity contribution < 1.29 is 19.0 Å². The molecule has 0 spiro atoms. The van der Waals surface area contributed by atoms with Gasteiger partial charge >= 0.3 is 5.97 Å².